The maximum atomic E-state index is 9.01. The monoisotopic (exact) mass is 263 g/mol. The van der Waals surface area contributed by atoms with E-state index in [9.17, 15) is 0 Å². The van der Waals surface area contributed by atoms with Crippen LogP contribution in [0.25, 0.3) is 0 Å². The average Bonchev–Trinajstić information content (AvgIpc) is 2.48. The van der Waals surface area contributed by atoms with Gasteiger partial charge in [0.05, 0.1) is 11.6 Å². The number of anilines is 2. The molecular formula is C17H17N3. The van der Waals surface area contributed by atoms with Gasteiger partial charge in [-0.25, -0.2) is 0 Å². The number of fused-ring (bicyclic) bond motifs is 1. The van der Waals surface area contributed by atoms with Crippen LogP contribution in [-0.2, 0) is 6.42 Å². The summed E-state index contributed by atoms with van der Waals surface area (Å²) < 4.78 is 0. The third-order valence-electron chi connectivity index (χ3n) is 3.71. The SMILES string of the molecule is N#Cc1cccc(N2CCNc3ccccc3CC2)c1. The zero-order valence-corrected chi connectivity index (χ0v) is 11.3. The number of nitrogens with zero attached hydrogens (tertiary/aromatic N) is 2. The molecular weight excluding hydrogens is 246 g/mol. The minimum absolute atomic E-state index is 0.720. The van der Waals surface area contributed by atoms with Crippen molar-refractivity contribution in [3.8, 4) is 6.07 Å². The van der Waals surface area contributed by atoms with Crippen molar-refractivity contribution in [2.75, 3.05) is 29.9 Å². The minimum atomic E-state index is 0.720. The highest BCUT2D eigenvalue weighted by Crippen LogP contribution is 2.21. The Morgan fingerprint density at radius 2 is 1.95 bits per heavy atom. The van der Waals surface area contributed by atoms with Crippen LogP contribution in [0.3, 0.4) is 0 Å². The summed E-state index contributed by atoms with van der Waals surface area (Å²) in [5.74, 6) is 0. The molecule has 3 rings (SSSR count). The van der Waals surface area contributed by atoms with Crippen LogP contribution < -0.4 is 10.2 Å². The van der Waals surface area contributed by atoms with Gasteiger partial charge in [0.15, 0.2) is 0 Å². The predicted octanol–water partition coefficient (Wildman–Crippen LogP) is 3.03. The molecule has 0 saturated heterocycles. The summed E-state index contributed by atoms with van der Waals surface area (Å²) in [7, 11) is 0. The normalized spacial score (nSPS) is 14.4. The number of hydrogen-bond donors (Lipinski definition) is 1. The lowest BCUT2D eigenvalue weighted by molar-refractivity contribution is 0.774. The Morgan fingerprint density at radius 1 is 1.05 bits per heavy atom. The van der Waals surface area contributed by atoms with E-state index in [0.717, 1.165) is 37.3 Å². The fourth-order valence-electron chi connectivity index (χ4n) is 2.63. The van der Waals surface area contributed by atoms with Crippen LogP contribution in [0.5, 0.6) is 0 Å². The van der Waals surface area contributed by atoms with E-state index in [-0.39, 0.29) is 0 Å². The van der Waals surface area contributed by atoms with Crippen molar-refractivity contribution in [2.24, 2.45) is 0 Å². The highest BCUT2D eigenvalue weighted by Gasteiger charge is 2.12. The molecule has 0 aromatic heterocycles. The van der Waals surface area contributed by atoms with E-state index in [1.807, 2.05) is 18.2 Å². The van der Waals surface area contributed by atoms with Gasteiger partial charge in [0.2, 0.25) is 0 Å². The number of hydrogen-bond acceptors (Lipinski definition) is 3. The van der Waals surface area contributed by atoms with Gasteiger partial charge in [-0.1, -0.05) is 24.3 Å². The van der Waals surface area contributed by atoms with Crippen molar-refractivity contribution in [3.05, 3.63) is 59.7 Å². The topological polar surface area (TPSA) is 39.1 Å². The fourth-order valence-corrected chi connectivity index (χ4v) is 2.63. The summed E-state index contributed by atoms with van der Waals surface area (Å²) in [5, 5.41) is 12.5. The Hall–Kier alpha value is -2.47. The van der Waals surface area contributed by atoms with Crippen LogP contribution in [-0.4, -0.2) is 19.6 Å². The van der Waals surface area contributed by atoms with Crippen molar-refractivity contribution in [3.63, 3.8) is 0 Å². The highest BCUT2D eigenvalue weighted by atomic mass is 15.1. The first kappa shape index (κ1) is 12.6. The smallest absolute Gasteiger partial charge is 0.0992 e. The van der Waals surface area contributed by atoms with Gasteiger partial charge in [0, 0.05) is 31.0 Å². The van der Waals surface area contributed by atoms with Crippen LogP contribution in [0.15, 0.2) is 48.5 Å². The summed E-state index contributed by atoms with van der Waals surface area (Å²) in [6.45, 7) is 2.84. The summed E-state index contributed by atoms with van der Waals surface area (Å²) in [6.07, 6.45) is 1.01. The van der Waals surface area contributed by atoms with E-state index in [4.69, 9.17) is 5.26 Å². The second kappa shape index (κ2) is 5.66. The van der Waals surface area contributed by atoms with Crippen molar-refractivity contribution in [1.82, 2.24) is 0 Å². The molecule has 1 aliphatic heterocycles. The molecule has 100 valence electrons. The molecule has 20 heavy (non-hydrogen) atoms. The lowest BCUT2D eigenvalue weighted by Crippen LogP contribution is -2.33. The molecule has 0 fully saturated rings. The molecule has 0 unspecified atom stereocenters. The molecule has 3 nitrogen and oxygen atoms in total. The van der Waals surface area contributed by atoms with Gasteiger partial charge in [-0.15, -0.1) is 0 Å². The number of nitriles is 1. The molecule has 2 aromatic rings. The first-order valence-electron chi connectivity index (χ1n) is 6.94. The van der Waals surface area contributed by atoms with Crippen LogP contribution in [0, 0.1) is 11.3 Å². The molecule has 0 radical (unpaired) electrons. The Balaban J connectivity index is 1.82. The molecule has 1 heterocycles. The first-order chi connectivity index (χ1) is 9.86. The highest BCUT2D eigenvalue weighted by molar-refractivity contribution is 5.55. The van der Waals surface area contributed by atoms with E-state index < -0.39 is 0 Å². The molecule has 0 aliphatic carbocycles. The molecule has 0 atom stereocenters. The number of para-hydroxylation sites is 1. The van der Waals surface area contributed by atoms with Gasteiger partial charge >= 0.3 is 0 Å². The van der Waals surface area contributed by atoms with Gasteiger partial charge in [-0.3, -0.25) is 0 Å². The number of benzene rings is 2. The van der Waals surface area contributed by atoms with Crippen molar-refractivity contribution in [2.45, 2.75) is 6.42 Å². The fraction of sp³-hybridized carbons (Fsp3) is 0.235. The van der Waals surface area contributed by atoms with E-state index >= 15 is 0 Å². The number of nitrogens with one attached hydrogen (secondary N) is 1. The van der Waals surface area contributed by atoms with E-state index in [2.05, 4.69) is 46.6 Å². The molecule has 0 spiro atoms. The van der Waals surface area contributed by atoms with Crippen molar-refractivity contribution >= 4 is 11.4 Å². The summed E-state index contributed by atoms with van der Waals surface area (Å²) >= 11 is 0. The number of rotatable bonds is 1. The summed E-state index contributed by atoms with van der Waals surface area (Å²) in [6, 6.07) is 18.5. The van der Waals surface area contributed by atoms with Crippen LogP contribution in [0.2, 0.25) is 0 Å². The minimum Gasteiger partial charge on any atom is -0.383 e. The molecule has 0 amide bonds. The largest absolute Gasteiger partial charge is 0.383 e. The lowest BCUT2D eigenvalue weighted by Gasteiger charge is -2.28. The van der Waals surface area contributed by atoms with Gasteiger partial charge in [-0.2, -0.15) is 5.26 Å². The summed E-state index contributed by atoms with van der Waals surface area (Å²) in [5.41, 5.74) is 4.45. The lowest BCUT2D eigenvalue weighted by atomic mass is 10.1. The maximum absolute atomic E-state index is 9.01. The first-order valence-corrected chi connectivity index (χ1v) is 6.94. The van der Waals surface area contributed by atoms with Crippen molar-refractivity contribution < 1.29 is 0 Å². The van der Waals surface area contributed by atoms with Gasteiger partial charge in [0.1, 0.15) is 0 Å². The van der Waals surface area contributed by atoms with Crippen LogP contribution >= 0.6 is 0 Å². The summed E-state index contributed by atoms with van der Waals surface area (Å²) in [4.78, 5) is 2.34. The van der Waals surface area contributed by atoms with Crippen LogP contribution in [0.4, 0.5) is 11.4 Å². The molecule has 1 N–H and O–H groups in total. The van der Waals surface area contributed by atoms with Gasteiger partial charge < -0.3 is 10.2 Å². The Kier molecular flexibility index (Phi) is 3.56. The predicted molar refractivity (Wildman–Crippen MR) is 82.0 cm³/mol. The van der Waals surface area contributed by atoms with E-state index in [0.29, 0.717) is 0 Å². The molecule has 2 aromatic carbocycles. The average molecular weight is 263 g/mol. The maximum Gasteiger partial charge on any atom is 0.0992 e. The zero-order chi connectivity index (χ0) is 13.8. The third-order valence-corrected chi connectivity index (χ3v) is 3.71. The van der Waals surface area contributed by atoms with E-state index in [1.54, 1.807) is 0 Å². The second-order valence-corrected chi connectivity index (χ2v) is 4.98. The second-order valence-electron chi connectivity index (χ2n) is 4.98. The molecule has 3 heteroatoms. The van der Waals surface area contributed by atoms with Crippen molar-refractivity contribution in [1.29, 1.82) is 5.26 Å². The molecule has 0 saturated carbocycles. The quantitative estimate of drug-likeness (QED) is 0.859. The van der Waals surface area contributed by atoms with Gasteiger partial charge in [-0.05, 0) is 36.2 Å². The Morgan fingerprint density at radius 3 is 2.85 bits per heavy atom. The third kappa shape index (κ3) is 2.60. The Bertz CT molecular complexity index is 643. The van der Waals surface area contributed by atoms with E-state index in [1.165, 1.54) is 11.3 Å². The zero-order valence-electron chi connectivity index (χ0n) is 11.3. The standard InChI is InChI=1S/C17H17N3/c18-13-14-4-3-6-16(12-14)20-10-8-15-5-1-2-7-17(15)19-9-11-20/h1-7,12,19H,8-11H2. The van der Waals surface area contributed by atoms with Gasteiger partial charge in [0.25, 0.3) is 0 Å². The molecule has 0 bridgehead atoms. The van der Waals surface area contributed by atoms with Crippen LogP contribution in [0.1, 0.15) is 11.1 Å². The Labute approximate surface area is 119 Å². The molecule has 1 aliphatic rings.